The molecule has 3 rings (SSSR count). The molecule has 96 valence electrons. The van der Waals surface area contributed by atoms with Crippen molar-refractivity contribution < 1.29 is 19.4 Å². The third-order valence-electron chi connectivity index (χ3n) is 3.72. The highest BCUT2D eigenvalue weighted by Gasteiger charge is 2.42. The molecule has 1 fully saturated rings. The van der Waals surface area contributed by atoms with E-state index in [0.717, 1.165) is 12.8 Å². The van der Waals surface area contributed by atoms with Gasteiger partial charge in [0.25, 0.3) is 0 Å². The van der Waals surface area contributed by atoms with Gasteiger partial charge in [-0.25, -0.2) is 4.39 Å². The molecule has 1 aliphatic heterocycles. The molecule has 0 bridgehead atoms. The molecule has 1 heterocycles. The van der Waals surface area contributed by atoms with Crippen molar-refractivity contribution >= 4 is 5.71 Å². The number of hydrogen-bond donors (Lipinski definition) is 2. The first kappa shape index (κ1) is 11.5. The van der Waals surface area contributed by atoms with Crippen molar-refractivity contribution in [1.82, 2.24) is 0 Å². The lowest BCUT2D eigenvalue weighted by molar-refractivity contribution is 0.0150. The number of halogens is 1. The molecule has 2 aliphatic rings. The van der Waals surface area contributed by atoms with Crippen LogP contribution in [0.3, 0.4) is 0 Å². The molecular weight excluding hydrogens is 237 g/mol. The van der Waals surface area contributed by atoms with E-state index < -0.39 is 11.9 Å². The second kappa shape index (κ2) is 4.24. The van der Waals surface area contributed by atoms with Gasteiger partial charge in [-0.2, -0.15) is 0 Å². The monoisotopic (exact) mass is 251 g/mol. The average Bonchev–Trinajstić information content (AvgIpc) is 2.37. The first-order chi connectivity index (χ1) is 8.70. The first-order valence-electron chi connectivity index (χ1n) is 6.07. The molecular formula is C13H14FNO3. The Morgan fingerprint density at radius 3 is 2.94 bits per heavy atom. The molecule has 1 saturated carbocycles. The lowest BCUT2D eigenvalue weighted by Gasteiger charge is -2.39. The fourth-order valence-electron chi connectivity index (χ4n) is 2.89. The summed E-state index contributed by atoms with van der Waals surface area (Å²) in [6.07, 6.45) is 1.52. The molecule has 1 aliphatic carbocycles. The molecule has 0 radical (unpaired) electrons. The van der Waals surface area contributed by atoms with Gasteiger partial charge in [-0.3, -0.25) is 0 Å². The Morgan fingerprint density at radius 1 is 1.33 bits per heavy atom. The van der Waals surface area contributed by atoms with E-state index in [0.29, 0.717) is 23.4 Å². The lowest BCUT2D eigenvalue weighted by Crippen LogP contribution is -2.47. The molecule has 0 aromatic heterocycles. The summed E-state index contributed by atoms with van der Waals surface area (Å²) in [4.78, 5) is 0. The fraction of sp³-hybridized carbons (Fsp3) is 0.462. The standard InChI is InChI=1S/C13H14FNO3/c14-7-4-5-10-8(6-7)13(15-17)12-9(16)2-1-3-11(12)18-10/h4-6,9,11-12,16-17H,1-3H2/b15-13-/t9-,11+,12-/m0/s1. The molecule has 5 heteroatoms. The van der Waals surface area contributed by atoms with Gasteiger partial charge in [0, 0.05) is 5.56 Å². The van der Waals surface area contributed by atoms with Crippen LogP contribution >= 0.6 is 0 Å². The number of oxime groups is 1. The Hall–Kier alpha value is -1.62. The molecule has 1 aromatic rings. The van der Waals surface area contributed by atoms with Crippen LogP contribution in [-0.2, 0) is 0 Å². The molecule has 0 spiro atoms. The van der Waals surface area contributed by atoms with Crippen LogP contribution in [0.5, 0.6) is 5.75 Å². The van der Waals surface area contributed by atoms with Gasteiger partial charge >= 0.3 is 0 Å². The van der Waals surface area contributed by atoms with Crippen LogP contribution in [-0.4, -0.2) is 28.2 Å². The van der Waals surface area contributed by atoms with Gasteiger partial charge in [-0.1, -0.05) is 5.16 Å². The highest BCUT2D eigenvalue weighted by molar-refractivity contribution is 6.05. The van der Waals surface area contributed by atoms with Crippen molar-refractivity contribution in [2.24, 2.45) is 11.1 Å². The number of benzene rings is 1. The summed E-state index contributed by atoms with van der Waals surface area (Å²) in [5.41, 5.74) is 0.757. The van der Waals surface area contributed by atoms with E-state index in [1.165, 1.54) is 18.2 Å². The van der Waals surface area contributed by atoms with E-state index >= 15 is 0 Å². The van der Waals surface area contributed by atoms with E-state index in [1.54, 1.807) is 0 Å². The number of aliphatic hydroxyl groups excluding tert-OH is 1. The number of ether oxygens (including phenoxy) is 1. The first-order valence-corrected chi connectivity index (χ1v) is 6.07. The summed E-state index contributed by atoms with van der Waals surface area (Å²) in [6.45, 7) is 0. The molecule has 18 heavy (non-hydrogen) atoms. The van der Waals surface area contributed by atoms with Crippen molar-refractivity contribution in [1.29, 1.82) is 0 Å². The summed E-state index contributed by atoms with van der Waals surface area (Å²) in [7, 11) is 0. The van der Waals surface area contributed by atoms with Gasteiger partial charge in [-0.05, 0) is 37.5 Å². The molecule has 0 unspecified atom stereocenters. The van der Waals surface area contributed by atoms with Crippen molar-refractivity contribution in [2.75, 3.05) is 0 Å². The van der Waals surface area contributed by atoms with Crippen LogP contribution in [0.2, 0.25) is 0 Å². The largest absolute Gasteiger partial charge is 0.489 e. The maximum absolute atomic E-state index is 13.3. The van der Waals surface area contributed by atoms with Crippen LogP contribution in [0, 0.1) is 11.7 Å². The van der Waals surface area contributed by atoms with Gasteiger partial charge in [0.05, 0.1) is 17.7 Å². The van der Waals surface area contributed by atoms with Gasteiger partial charge in [0.15, 0.2) is 0 Å². The van der Waals surface area contributed by atoms with Crippen molar-refractivity contribution in [3.63, 3.8) is 0 Å². The van der Waals surface area contributed by atoms with E-state index in [1.807, 2.05) is 0 Å². The van der Waals surface area contributed by atoms with Crippen LogP contribution in [0.25, 0.3) is 0 Å². The van der Waals surface area contributed by atoms with Crippen LogP contribution in [0.4, 0.5) is 4.39 Å². The highest BCUT2D eigenvalue weighted by Crippen LogP contribution is 2.38. The zero-order valence-corrected chi connectivity index (χ0v) is 9.71. The molecule has 0 saturated heterocycles. The normalized spacial score (nSPS) is 32.6. The van der Waals surface area contributed by atoms with Gasteiger partial charge in [0.1, 0.15) is 17.7 Å². The predicted octanol–water partition coefficient (Wildman–Crippen LogP) is 1.93. The van der Waals surface area contributed by atoms with E-state index in [-0.39, 0.29) is 12.0 Å². The number of aliphatic hydroxyl groups is 1. The van der Waals surface area contributed by atoms with Crippen molar-refractivity contribution in [3.05, 3.63) is 29.6 Å². The van der Waals surface area contributed by atoms with Crippen LogP contribution < -0.4 is 4.74 Å². The number of fused-ring (bicyclic) bond motifs is 2. The summed E-state index contributed by atoms with van der Waals surface area (Å²) in [6, 6.07) is 4.13. The minimum Gasteiger partial charge on any atom is -0.489 e. The van der Waals surface area contributed by atoms with E-state index in [2.05, 4.69) is 5.16 Å². The van der Waals surface area contributed by atoms with Gasteiger partial charge in [0.2, 0.25) is 0 Å². The van der Waals surface area contributed by atoms with E-state index in [9.17, 15) is 14.7 Å². The Labute approximate surface area is 104 Å². The van der Waals surface area contributed by atoms with Crippen LogP contribution in [0.15, 0.2) is 23.4 Å². The quantitative estimate of drug-likeness (QED) is 0.547. The van der Waals surface area contributed by atoms with Crippen LogP contribution in [0.1, 0.15) is 24.8 Å². The summed E-state index contributed by atoms with van der Waals surface area (Å²) >= 11 is 0. The minimum absolute atomic E-state index is 0.197. The summed E-state index contributed by atoms with van der Waals surface area (Å²) in [5.74, 6) is -0.278. The molecule has 4 nitrogen and oxygen atoms in total. The molecule has 0 amide bonds. The number of rotatable bonds is 0. The zero-order valence-electron chi connectivity index (χ0n) is 9.71. The Morgan fingerprint density at radius 2 is 2.17 bits per heavy atom. The Kier molecular flexibility index (Phi) is 2.70. The summed E-state index contributed by atoms with van der Waals surface area (Å²) in [5, 5.41) is 22.5. The van der Waals surface area contributed by atoms with Gasteiger partial charge in [-0.15, -0.1) is 0 Å². The second-order valence-corrected chi connectivity index (χ2v) is 4.81. The average molecular weight is 251 g/mol. The Bertz CT molecular complexity index is 503. The second-order valence-electron chi connectivity index (χ2n) is 4.81. The maximum atomic E-state index is 13.3. The van der Waals surface area contributed by atoms with Crippen molar-refractivity contribution in [3.8, 4) is 5.75 Å². The third kappa shape index (κ3) is 1.66. The number of nitrogens with zero attached hydrogens (tertiary/aromatic N) is 1. The molecule has 3 atom stereocenters. The maximum Gasteiger partial charge on any atom is 0.129 e. The molecule has 2 N–H and O–H groups in total. The topological polar surface area (TPSA) is 62.1 Å². The predicted molar refractivity (Wildman–Crippen MR) is 62.5 cm³/mol. The summed E-state index contributed by atoms with van der Waals surface area (Å²) < 4.78 is 19.0. The third-order valence-corrected chi connectivity index (χ3v) is 3.72. The van der Waals surface area contributed by atoms with Crippen molar-refractivity contribution in [2.45, 2.75) is 31.5 Å². The number of hydrogen-bond acceptors (Lipinski definition) is 4. The SMILES string of the molecule is O/N=C1/c2cc(F)ccc2O[C@@H]2CCC[C@H](O)[C@H]12. The smallest absolute Gasteiger partial charge is 0.129 e. The van der Waals surface area contributed by atoms with E-state index in [4.69, 9.17) is 4.74 Å². The Balaban J connectivity index is 2.10. The molecule has 1 aromatic carbocycles. The lowest BCUT2D eigenvalue weighted by atomic mass is 9.77. The minimum atomic E-state index is -0.605. The van der Waals surface area contributed by atoms with Gasteiger partial charge < -0.3 is 15.1 Å². The fourth-order valence-corrected chi connectivity index (χ4v) is 2.89. The zero-order chi connectivity index (χ0) is 12.7. The highest BCUT2D eigenvalue weighted by atomic mass is 19.1.